The lowest BCUT2D eigenvalue weighted by Crippen LogP contribution is -2.44. The summed E-state index contributed by atoms with van der Waals surface area (Å²) in [6, 6.07) is 14.1. The van der Waals surface area contributed by atoms with Gasteiger partial charge in [0.1, 0.15) is 11.5 Å². The molecule has 5 rings (SSSR count). The van der Waals surface area contributed by atoms with Gasteiger partial charge in [0.2, 0.25) is 0 Å². The molecule has 0 amide bonds. The molecule has 0 saturated carbocycles. The van der Waals surface area contributed by atoms with Gasteiger partial charge in [0.05, 0.1) is 6.54 Å². The molecule has 2 bridgehead atoms. The zero-order valence-corrected chi connectivity index (χ0v) is 15.2. The summed E-state index contributed by atoms with van der Waals surface area (Å²) in [7, 11) is 0. The molecule has 1 aliphatic heterocycles. The van der Waals surface area contributed by atoms with Crippen LogP contribution in [0.4, 0.5) is 10.2 Å². The fourth-order valence-corrected chi connectivity index (χ4v) is 3.55. The maximum atomic E-state index is 13.5. The van der Waals surface area contributed by atoms with Crippen molar-refractivity contribution in [2.45, 2.75) is 13.0 Å². The van der Waals surface area contributed by atoms with Crippen LogP contribution in [0.5, 0.6) is 0 Å². The summed E-state index contributed by atoms with van der Waals surface area (Å²) in [5, 5.41) is 2.63. The van der Waals surface area contributed by atoms with E-state index in [1.54, 1.807) is 34.3 Å². The molecule has 1 atom stereocenters. The first kappa shape index (κ1) is 16.7. The van der Waals surface area contributed by atoms with Gasteiger partial charge in [-0.05, 0) is 61.0 Å². The first-order valence-corrected chi connectivity index (χ1v) is 9.05. The fraction of sp³-hybridized carbons (Fsp3) is 0.143. The highest BCUT2D eigenvalue weighted by Gasteiger charge is 2.29. The van der Waals surface area contributed by atoms with Gasteiger partial charge in [0.15, 0.2) is 11.5 Å². The average Bonchev–Trinajstić information content (AvgIpc) is 3.05. The number of fused-ring (bicyclic) bond motifs is 1. The summed E-state index contributed by atoms with van der Waals surface area (Å²) in [6.45, 7) is 2.40. The van der Waals surface area contributed by atoms with Crippen molar-refractivity contribution in [2.24, 2.45) is 5.73 Å². The predicted molar refractivity (Wildman–Crippen MR) is 106 cm³/mol. The van der Waals surface area contributed by atoms with E-state index in [1.807, 2.05) is 31.2 Å². The number of aromatic nitrogens is 3. The molecule has 28 heavy (non-hydrogen) atoms. The molecule has 7 heteroatoms. The van der Waals surface area contributed by atoms with Crippen molar-refractivity contribution in [3.05, 3.63) is 66.7 Å². The first-order valence-electron chi connectivity index (χ1n) is 9.05. The van der Waals surface area contributed by atoms with Gasteiger partial charge in [-0.3, -0.25) is 9.92 Å². The van der Waals surface area contributed by atoms with E-state index in [4.69, 9.17) is 15.7 Å². The number of anilines is 1. The van der Waals surface area contributed by atoms with Gasteiger partial charge in [-0.15, -0.1) is 4.73 Å². The number of hydrogen-bond acceptors (Lipinski definition) is 5. The second-order valence-electron chi connectivity index (χ2n) is 6.92. The summed E-state index contributed by atoms with van der Waals surface area (Å²) < 4.78 is 15.2. The Morgan fingerprint density at radius 3 is 2.50 bits per heavy atom. The van der Waals surface area contributed by atoms with Crippen LogP contribution in [0.2, 0.25) is 0 Å². The van der Waals surface area contributed by atoms with Crippen LogP contribution in [0.3, 0.4) is 0 Å². The Kier molecular flexibility index (Phi) is 3.77. The highest BCUT2D eigenvalue weighted by molar-refractivity contribution is 6.03. The number of nitrogens with zero attached hydrogens (tertiary/aromatic N) is 4. The Labute approximate surface area is 160 Å². The third-order valence-corrected chi connectivity index (χ3v) is 4.74. The molecule has 3 aromatic heterocycles. The maximum Gasteiger partial charge on any atom is 0.182 e. The van der Waals surface area contributed by atoms with E-state index in [-0.39, 0.29) is 11.9 Å². The normalized spacial score (nSPS) is 13.8. The molecule has 1 aliphatic rings. The number of pyridine rings is 2. The Hall–Kier alpha value is -3.45. The number of halogens is 1. The van der Waals surface area contributed by atoms with Gasteiger partial charge in [-0.2, -0.15) is 5.06 Å². The molecular weight excluding hydrogens is 357 g/mol. The van der Waals surface area contributed by atoms with Crippen LogP contribution in [-0.4, -0.2) is 27.3 Å². The highest BCUT2D eigenvalue weighted by atomic mass is 19.1. The van der Waals surface area contributed by atoms with Crippen molar-refractivity contribution < 1.29 is 9.33 Å². The maximum absolute atomic E-state index is 13.5. The smallest absolute Gasteiger partial charge is 0.182 e. The van der Waals surface area contributed by atoms with E-state index >= 15 is 0 Å². The van der Waals surface area contributed by atoms with Crippen LogP contribution in [-0.2, 0) is 0 Å². The van der Waals surface area contributed by atoms with E-state index in [9.17, 15) is 4.39 Å². The molecule has 6 nitrogen and oxygen atoms in total. The quantitative estimate of drug-likeness (QED) is 0.592. The number of rotatable bonds is 4. The van der Waals surface area contributed by atoms with Crippen molar-refractivity contribution >= 4 is 16.9 Å². The lowest BCUT2D eigenvalue weighted by molar-refractivity contribution is 0.0873. The molecule has 0 unspecified atom stereocenters. The highest BCUT2D eigenvalue weighted by Crippen LogP contribution is 2.41. The molecule has 2 N–H and O–H groups in total. The third-order valence-electron chi connectivity index (χ3n) is 4.74. The van der Waals surface area contributed by atoms with E-state index < -0.39 is 0 Å². The summed E-state index contributed by atoms with van der Waals surface area (Å²) in [5.41, 5.74) is 10.3. The van der Waals surface area contributed by atoms with Crippen LogP contribution >= 0.6 is 0 Å². The largest absolute Gasteiger partial charge is 0.326 e. The summed E-state index contributed by atoms with van der Waals surface area (Å²) in [6.07, 6.45) is 3.50. The topological polar surface area (TPSA) is 69.2 Å². The Bertz CT molecular complexity index is 1160. The minimum absolute atomic E-state index is 0.0939. The molecule has 4 aromatic rings. The fourth-order valence-electron chi connectivity index (χ4n) is 3.55. The Morgan fingerprint density at radius 1 is 1.04 bits per heavy atom. The van der Waals surface area contributed by atoms with Crippen LogP contribution < -0.4 is 15.7 Å². The van der Waals surface area contributed by atoms with E-state index in [0.717, 1.165) is 27.8 Å². The molecule has 0 radical (unpaired) electrons. The van der Waals surface area contributed by atoms with E-state index in [1.165, 1.54) is 12.1 Å². The summed E-state index contributed by atoms with van der Waals surface area (Å²) >= 11 is 0. The zero-order chi connectivity index (χ0) is 19.3. The van der Waals surface area contributed by atoms with Crippen molar-refractivity contribution in [1.29, 1.82) is 0 Å². The lowest BCUT2D eigenvalue weighted by Gasteiger charge is -2.28. The molecule has 0 spiro atoms. The van der Waals surface area contributed by atoms with Gasteiger partial charge in [-0.25, -0.2) is 9.37 Å². The zero-order valence-electron chi connectivity index (χ0n) is 15.2. The first-order chi connectivity index (χ1) is 13.6. The number of benzene rings is 1. The van der Waals surface area contributed by atoms with E-state index in [0.29, 0.717) is 18.0 Å². The predicted octanol–water partition coefficient (Wildman–Crippen LogP) is 3.42. The lowest BCUT2D eigenvalue weighted by atomic mass is 10.00. The number of hydrogen-bond donors (Lipinski definition) is 1. The minimum atomic E-state index is -0.288. The van der Waals surface area contributed by atoms with E-state index in [2.05, 4.69) is 4.98 Å². The molecule has 0 saturated heterocycles. The van der Waals surface area contributed by atoms with Crippen molar-refractivity contribution in [3.63, 3.8) is 0 Å². The Balaban J connectivity index is 1.80. The molecule has 0 aliphatic carbocycles. The van der Waals surface area contributed by atoms with Crippen molar-refractivity contribution in [3.8, 4) is 22.4 Å². The van der Waals surface area contributed by atoms with Gasteiger partial charge in [-0.1, -0.05) is 0 Å². The minimum Gasteiger partial charge on any atom is -0.326 e. The second-order valence-corrected chi connectivity index (χ2v) is 6.92. The standard InChI is InChI=1S/C21H18FN5O/c1-13(23)12-26-18-7-6-17-19(14-8-10-24-11-9-14)20(27(28-26)21(17)25-18)15-2-4-16(22)5-3-15/h2-11,13H,12,23H2,1H3/t13-/m0/s1. The van der Waals surface area contributed by atoms with Gasteiger partial charge >= 0.3 is 0 Å². The third kappa shape index (κ3) is 2.59. The van der Waals surface area contributed by atoms with Crippen molar-refractivity contribution in [1.82, 2.24) is 14.7 Å². The molecule has 4 heterocycles. The SMILES string of the molecule is C[C@H](N)CN1On2c(-c3ccc(F)cc3)c(-c3ccncc3)c3ccc1nc32. The van der Waals surface area contributed by atoms with Crippen LogP contribution in [0.15, 0.2) is 60.9 Å². The molecule has 0 fully saturated rings. The monoisotopic (exact) mass is 375 g/mol. The molecular formula is C21H18FN5O. The van der Waals surface area contributed by atoms with Gasteiger partial charge in [0.25, 0.3) is 0 Å². The number of nitrogens with two attached hydrogens (primary N) is 1. The summed E-state index contributed by atoms with van der Waals surface area (Å²) in [4.78, 5) is 15.1. The summed E-state index contributed by atoms with van der Waals surface area (Å²) in [5.74, 6) is 0.422. The van der Waals surface area contributed by atoms with Crippen molar-refractivity contribution in [2.75, 3.05) is 11.6 Å². The second kappa shape index (κ2) is 6.31. The molecule has 140 valence electrons. The van der Waals surface area contributed by atoms with Gasteiger partial charge in [0, 0.05) is 34.9 Å². The van der Waals surface area contributed by atoms with Crippen LogP contribution in [0, 0.1) is 5.82 Å². The van der Waals surface area contributed by atoms with Crippen LogP contribution in [0.25, 0.3) is 33.4 Å². The number of hydroxylamine groups is 1. The molecule has 1 aromatic carbocycles. The average molecular weight is 375 g/mol. The Morgan fingerprint density at radius 2 is 1.79 bits per heavy atom. The van der Waals surface area contributed by atoms with Crippen LogP contribution in [0.1, 0.15) is 6.92 Å². The van der Waals surface area contributed by atoms with Gasteiger partial charge < -0.3 is 5.73 Å².